The van der Waals surface area contributed by atoms with Gasteiger partial charge in [0.1, 0.15) is 17.7 Å². The first-order valence-electron chi connectivity index (χ1n) is 8.81. The van der Waals surface area contributed by atoms with Crippen LogP contribution in [0.1, 0.15) is 37.2 Å². The summed E-state index contributed by atoms with van der Waals surface area (Å²) in [6, 6.07) is 5.19. The second kappa shape index (κ2) is 7.42. The van der Waals surface area contributed by atoms with Gasteiger partial charge in [-0.2, -0.15) is 0 Å². The lowest BCUT2D eigenvalue weighted by molar-refractivity contribution is -0.154. The van der Waals surface area contributed by atoms with Crippen LogP contribution in [0.15, 0.2) is 24.3 Å². The highest BCUT2D eigenvalue weighted by Gasteiger charge is 2.41. The Morgan fingerprint density at radius 2 is 2.04 bits per heavy atom. The number of aromatic nitrogens is 4. The van der Waals surface area contributed by atoms with E-state index in [0.29, 0.717) is 25.2 Å². The van der Waals surface area contributed by atoms with Gasteiger partial charge in [-0.25, -0.2) is 9.07 Å². The lowest BCUT2D eigenvalue weighted by Crippen LogP contribution is -2.50. The molecule has 1 N–H and O–H groups in total. The Morgan fingerprint density at radius 1 is 1.33 bits per heavy atom. The van der Waals surface area contributed by atoms with E-state index in [4.69, 9.17) is 0 Å². The quantitative estimate of drug-likeness (QED) is 0.852. The number of aliphatic carboxylic acids is 1. The first kappa shape index (κ1) is 18.9. The number of rotatable bonds is 5. The average molecular weight is 375 g/mol. The Bertz CT molecular complexity index is 838. The van der Waals surface area contributed by atoms with E-state index in [9.17, 15) is 19.1 Å². The fourth-order valence-corrected chi connectivity index (χ4v) is 3.46. The van der Waals surface area contributed by atoms with Crippen LogP contribution < -0.4 is 0 Å². The molecule has 3 rings (SSSR count). The summed E-state index contributed by atoms with van der Waals surface area (Å²) in [6.45, 7) is 3.99. The number of likely N-dealkylation sites (tertiary alicyclic amines) is 1. The third-order valence-corrected chi connectivity index (χ3v) is 5.10. The summed E-state index contributed by atoms with van der Waals surface area (Å²) in [4.78, 5) is 26.5. The predicted octanol–water partition coefficient (Wildman–Crippen LogP) is 1.62. The molecule has 0 bridgehead atoms. The predicted molar refractivity (Wildman–Crippen MR) is 93.3 cm³/mol. The number of benzene rings is 1. The van der Waals surface area contributed by atoms with E-state index < -0.39 is 17.4 Å². The van der Waals surface area contributed by atoms with Gasteiger partial charge in [-0.3, -0.25) is 9.59 Å². The average Bonchev–Trinajstić information content (AvgIpc) is 3.06. The van der Waals surface area contributed by atoms with Crippen LogP contribution in [0.5, 0.6) is 0 Å². The maximum atomic E-state index is 13.3. The van der Waals surface area contributed by atoms with Crippen molar-refractivity contribution in [1.82, 2.24) is 25.1 Å². The van der Waals surface area contributed by atoms with Crippen molar-refractivity contribution < 1.29 is 19.1 Å². The van der Waals surface area contributed by atoms with Crippen LogP contribution in [-0.4, -0.2) is 55.2 Å². The van der Waals surface area contributed by atoms with Crippen molar-refractivity contribution in [3.8, 4) is 0 Å². The van der Waals surface area contributed by atoms with Crippen molar-refractivity contribution in [2.45, 2.75) is 39.2 Å². The molecule has 2 heterocycles. The molecular formula is C18H22FN5O3. The molecule has 144 valence electrons. The minimum Gasteiger partial charge on any atom is -0.481 e. The molecule has 1 aromatic carbocycles. The molecule has 1 aliphatic rings. The molecule has 2 unspecified atom stereocenters. The second-order valence-corrected chi connectivity index (χ2v) is 7.25. The molecule has 2 aromatic rings. The van der Waals surface area contributed by atoms with Crippen molar-refractivity contribution in [1.29, 1.82) is 0 Å². The summed E-state index contributed by atoms with van der Waals surface area (Å²) in [5, 5.41) is 20.9. The van der Waals surface area contributed by atoms with Gasteiger partial charge in [-0.15, -0.1) is 5.10 Å². The summed E-state index contributed by atoms with van der Waals surface area (Å²) < 4.78 is 14.6. The van der Waals surface area contributed by atoms with Crippen LogP contribution in [0, 0.1) is 18.2 Å². The summed E-state index contributed by atoms with van der Waals surface area (Å²) in [6.07, 6.45) is 1.43. The van der Waals surface area contributed by atoms with Crippen LogP contribution in [0.4, 0.5) is 4.39 Å². The van der Waals surface area contributed by atoms with Crippen LogP contribution >= 0.6 is 0 Å². The number of amides is 1. The van der Waals surface area contributed by atoms with Crippen molar-refractivity contribution in [3.05, 3.63) is 41.5 Å². The number of hydrogen-bond donors (Lipinski definition) is 1. The molecule has 0 radical (unpaired) electrons. The Hall–Kier alpha value is -2.84. The smallest absolute Gasteiger partial charge is 0.311 e. The third-order valence-electron chi connectivity index (χ3n) is 5.10. The number of nitrogens with zero attached hydrogens (tertiary/aromatic N) is 5. The van der Waals surface area contributed by atoms with E-state index in [1.54, 1.807) is 30.9 Å². The number of halogens is 1. The van der Waals surface area contributed by atoms with Gasteiger partial charge >= 0.3 is 5.97 Å². The summed E-state index contributed by atoms with van der Waals surface area (Å²) in [7, 11) is 0. The van der Waals surface area contributed by atoms with Crippen LogP contribution in [0.25, 0.3) is 0 Å². The maximum Gasteiger partial charge on any atom is 0.311 e. The lowest BCUT2D eigenvalue weighted by atomic mass is 9.81. The number of carbonyl (C=O) groups excluding carboxylic acids is 1. The molecule has 27 heavy (non-hydrogen) atoms. The first-order chi connectivity index (χ1) is 12.8. The Labute approximate surface area is 156 Å². The standard InChI is InChI=1S/C18H22FN5O3/c1-12-20-21-22-24(12)15(10-13-4-6-14(19)7-5-13)16(25)23-9-3-8-18(2,11-23)17(26)27/h4-7,15H,3,8-11H2,1-2H3,(H,26,27). The Kier molecular flexibility index (Phi) is 5.20. The molecule has 9 heteroatoms. The van der Waals surface area contributed by atoms with Gasteiger partial charge < -0.3 is 10.0 Å². The number of carboxylic acid groups (broad SMARTS) is 1. The van der Waals surface area contributed by atoms with Gasteiger partial charge in [-0.1, -0.05) is 12.1 Å². The van der Waals surface area contributed by atoms with Gasteiger partial charge in [0.2, 0.25) is 5.91 Å². The highest BCUT2D eigenvalue weighted by Crippen LogP contribution is 2.31. The lowest BCUT2D eigenvalue weighted by Gasteiger charge is -2.39. The largest absolute Gasteiger partial charge is 0.481 e. The zero-order chi connectivity index (χ0) is 19.6. The fraction of sp³-hybridized carbons (Fsp3) is 0.500. The van der Waals surface area contributed by atoms with Crippen molar-refractivity contribution in [2.24, 2.45) is 5.41 Å². The van der Waals surface area contributed by atoms with Crippen molar-refractivity contribution in [2.75, 3.05) is 13.1 Å². The minimum absolute atomic E-state index is 0.141. The van der Waals surface area contributed by atoms with Gasteiger partial charge in [0.05, 0.1) is 5.41 Å². The van der Waals surface area contributed by atoms with Gasteiger partial charge in [0, 0.05) is 19.5 Å². The van der Waals surface area contributed by atoms with Crippen molar-refractivity contribution >= 4 is 11.9 Å². The summed E-state index contributed by atoms with van der Waals surface area (Å²) >= 11 is 0. The highest BCUT2D eigenvalue weighted by atomic mass is 19.1. The summed E-state index contributed by atoms with van der Waals surface area (Å²) in [5.74, 6) is -1.02. The topological polar surface area (TPSA) is 101 Å². The molecule has 2 atom stereocenters. The van der Waals surface area contributed by atoms with Crippen LogP contribution in [-0.2, 0) is 16.0 Å². The number of hydrogen-bond acceptors (Lipinski definition) is 5. The van der Waals surface area contributed by atoms with E-state index in [-0.39, 0.29) is 24.7 Å². The van der Waals surface area contributed by atoms with E-state index in [2.05, 4.69) is 15.5 Å². The highest BCUT2D eigenvalue weighted by molar-refractivity contribution is 5.82. The molecule has 1 aliphatic heterocycles. The van der Waals surface area contributed by atoms with Crippen LogP contribution in [0.2, 0.25) is 0 Å². The Balaban J connectivity index is 1.88. The van der Waals surface area contributed by atoms with E-state index in [1.807, 2.05) is 0 Å². The molecule has 0 saturated carbocycles. The molecule has 8 nitrogen and oxygen atoms in total. The third kappa shape index (κ3) is 3.96. The normalized spacial score (nSPS) is 21.1. The number of carbonyl (C=O) groups is 2. The summed E-state index contributed by atoms with van der Waals surface area (Å²) in [5.41, 5.74) is -0.202. The molecule has 0 aliphatic carbocycles. The second-order valence-electron chi connectivity index (χ2n) is 7.25. The zero-order valence-corrected chi connectivity index (χ0v) is 15.3. The molecular weight excluding hydrogens is 353 g/mol. The molecule has 0 spiro atoms. The van der Waals surface area contributed by atoms with Crippen LogP contribution in [0.3, 0.4) is 0 Å². The molecule has 1 fully saturated rings. The number of tetrazole rings is 1. The maximum absolute atomic E-state index is 13.3. The minimum atomic E-state index is -0.968. The number of piperidine rings is 1. The molecule has 1 amide bonds. The molecule has 1 aromatic heterocycles. The van der Waals surface area contributed by atoms with E-state index >= 15 is 0 Å². The fourth-order valence-electron chi connectivity index (χ4n) is 3.46. The Morgan fingerprint density at radius 3 is 2.63 bits per heavy atom. The SMILES string of the molecule is Cc1nnnn1C(Cc1ccc(F)cc1)C(=O)N1CCCC(C)(C(=O)O)C1. The van der Waals surface area contributed by atoms with Crippen molar-refractivity contribution in [3.63, 3.8) is 0 Å². The number of carboxylic acids is 1. The molecule has 1 saturated heterocycles. The van der Waals surface area contributed by atoms with Gasteiger partial charge in [-0.05, 0) is 54.8 Å². The van der Waals surface area contributed by atoms with Gasteiger partial charge in [0.15, 0.2) is 0 Å². The van der Waals surface area contributed by atoms with E-state index in [1.165, 1.54) is 16.8 Å². The monoisotopic (exact) mass is 375 g/mol. The van der Waals surface area contributed by atoms with E-state index in [0.717, 1.165) is 5.56 Å². The zero-order valence-electron chi connectivity index (χ0n) is 15.3. The number of aryl methyl sites for hydroxylation is 1. The van der Waals surface area contributed by atoms with Gasteiger partial charge in [0.25, 0.3) is 0 Å². The first-order valence-corrected chi connectivity index (χ1v) is 8.81.